The summed E-state index contributed by atoms with van der Waals surface area (Å²) in [6.45, 7) is 4.07. The second kappa shape index (κ2) is 7.32. The first kappa shape index (κ1) is 17.6. The summed E-state index contributed by atoms with van der Waals surface area (Å²) < 4.78 is 0. The van der Waals surface area contributed by atoms with Crippen LogP contribution in [0.15, 0.2) is 18.2 Å². The number of carbonyl (C=O) groups excluding carboxylic acids is 1. The molecule has 2 unspecified atom stereocenters. The number of fused-ring (bicyclic) bond motifs is 2. The molecule has 132 valence electrons. The number of carbonyl (C=O) groups is 1. The lowest BCUT2D eigenvalue weighted by atomic mass is 9.84. The monoisotopic (exact) mass is 349 g/mol. The Balaban J connectivity index is 0.00000169. The van der Waals surface area contributed by atoms with E-state index in [-0.39, 0.29) is 18.3 Å². The number of nitrogens with zero attached hydrogens (tertiary/aromatic N) is 2. The molecule has 3 aliphatic heterocycles. The van der Waals surface area contributed by atoms with Gasteiger partial charge in [0.1, 0.15) is 0 Å². The molecule has 0 radical (unpaired) electrons. The number of halogens is 1. The van der Waals surface area contributed by atoms with Gasteiger partial charge < -0.3 is 15.1 Å². The standard InChI is InChI=1S/C19H27N3O.ClH/c1-21-11-4-5-14-13-22(12-9-18(14)21)19(23)16-6-2-8-17-15(16)7-3-10-20-17;/h2,6,8,14,18,20H,3-5,7,9-13H2,1H3;1H. The molecule has 0 bridgehead atoms. The zero-order valence-electron chi connectivity index (χ0n) is 14.5. The van der Waals surface area contributed by atoms with E-state index >= 15 is 0 Å². The highest BCUT2D eigenvalue weighted by Gasteiger charge is 2.36. The smallest absolute Gasteiger partial charge is 0.254 e. The van der Waals surface area contributed by atoms with E-state index in [1.807, 2.05) is 12.1 Å². The van der Waals surface area contributed by atoms with Crippen LogP contribution in [0.2, 0.25) is 0 Å². The van der Waals surface area contributed by atoms with E-state index in [1.54, 1.807) is 0 Å². The van der Waals surface area contributed by atoms with Gasteiger partial charge >= 0.3 is 0 Å². The zero-order chi connectivity index (χ0) is 15.8. The average Bonchev–Trinajstić information content (AvgIpc) is 2.60. The molecule has 2 saturated heterocycles. The van der Waals surface area contributed by atoms with Gasteiger partial charge in [0.2, 0.25) is 0 Å². The average molecular weight is 350 g/mol. The molecule has 1 aromatic carbocycles. The van der Waals surface area contributed by atoms with Gasteiger partial charge in [-0.25, -0.2) is 0 Å². The third-order valence-corrected chi connectivity index (χ3v) is 5.96. The van der Waals surface area contributed by atoms with Crippen LogP contribution in [0.4, 0.5) is 5.69 Å². The number of benzene rings is 1. The number of likely N-dealkylation sites (tertiary alicyclic amines) is 2. The summed E-state index contributed by atoms with van der Waals surface area (Å²) >= 11 is 0. The Morgan fingerprint density at radius 1 is 1.21 bits per heavy atom. The van der Waals surface area contributed by atoms with Crippen molar-refractivity contribution in [2.75, 3.05) is 38.5 Å². The maximum absolute atomic E-state index is 13.1. The van der Waals surface area contributed by atoms with Crippen LogP contribution in [0.3, 0.4) is 0 Å². The van der Waals surface area contributed by atoms with Crippen LogP contribution in [-0.2, 0) is 6.42 Å². The van der Waals surface area contributed by atoms with Gasteiger partial charge in [0.25, 0.3) is 5.91 Å². The molecule has 3 aliphatic rings. The summed E-state index contributed by atoms with van der Waals surface area (Å²) in [5, 5.41) is 3.43. The van der Waals surface area contributed by atoms with E-state index < -0.39 is 0 Å². The second-order valence-electron chi connectivity index (χ2n) is 7.35. The van der Waals surface area contributed by atoms with Crippen molar-refractivity contribution in [1.82, 2.24) is 9.80 Å². The van der Waals surface area contributed by atoms with Crippen molar-refractivity contribution in [2.45, 2.75) is 38.1 Å². The number of hydrogen-bond donors (Lipinski definition) is 1. The number of piperidine rings is 2. The highest BCUT2D eigenvalue weighted by Crippen LogP contribution is 2.32. The van der Waals surface area contributed by atoms with E-state index in [0.717, 1.165) is 50.1 Å². The Morgan fingerprint density at radius 3 is 2.96 bits per heavy atom. The van der Waals surface area contributed by atoms with Crippen LogP contribution in [0.1, 0.15) is 41.6 Å². The number of rotatable bonds is 1. The zero-order valence-corrected chi connectivity index (χ0v) is 15.3. The molecule has 0 aromatic heterocycles. The minimum atomic E-state index is 0. The van der Waals surface area contributed by atoms with Crippen molar-refractivity contribution >= 4 is 24.0 Å². The van der Waals surface area contributed by atoms with Gasteiger partial charge in [0.15, 0.2) is 0 Å². The van der Waals surface area contributed by atoms with Crippen LogP contribution in [-0.4, -0.2) is 55.0 Å². The SMILES string of the molecule is CN1CCCC2CN(C(=O)c3cccc4c3CCCN4)CCC21.Cl. The van der Waals surface area contributed by atoms with Crippen LogP contribution in [0, 0.1) is 5.92 Å². The van der Waals surface area contributed by atoms with E-state index in [2.05, 4.69) is 28.2 Å². The number of anilines is 1. The normalized spacial score (nSPS) is 26.6. The lowest BCUT2D eigenvalue weighted by Gasteiger charge is -2.46. The molecule has 2 fully saturated rings. The van der Waals surface area contributed by atoms with Crippen LogP contribution in [0.25, 0.3) is 0 Å². The molecule has 0 saturated carbocycles. The summed E-state index contributed by atoms with van der Waals surface area (Å²) in [7, 11) is 2.24. The Bertz CT molecular complexity index is 606. The van der Waals surface area contributed by atoms with Gasteiger partial charge in [-0.1, -0.05) is 6.07 Å². The summed E-state index contributed by atoms with van der Waals surface area (Å²) in [6.07, 6.45) is 5.80. The molecule has 1 aromatic rings. The maximum atomic E-state index is 13.1. The molecule has 24 heavy (non-hydrogen) atoms. The van der Waals surface area contributed by atoms with E-state index in [1.165, 1.54) is 24.9 Å². The first-order valence-electron chi connectivity index (χ1n) is 9.09. The summed E-state index contributed by atoms with van der Waals surface area (Å²) in [5.41, 5.74) is 3.32. The minimum Gasteiger partial charge on any atom is -0.385 e. The molecule has 0 aliphatic carbocycles. The fourth-order valence-electron chi connectivity index (χ4n) is 4.72. The Hall–Kier alpha value is -1.26. The molecule has 1 N–H and O–H groups in total. The van der Waals surface area contributed by atoms with Crippen molar-refractivity contribution in [3.8, 4) is 0 Å². The van der Waals surface area contributed by atoms with Crippen molar-refractivity contribution in [3.05, 3.63) is 29.3 Å². The first-order valence-corrected chi connectivity index (χ1v) is 9.09. The van der Waals surface area contributed by atoms with E-state index in [4.69, 9.17) is 0 Å². The number of amides is 1. The van der Waals surface area contributed by atoms with E-state index in [9.17, 15) is 4.79 Å². The molecule has 5 heteroatoms. The Labute approximate surface area is 151 Å². The molecule has 4 rings (SSSR count). The topological polar surface area (TPSA) is 35.6 Å². The Morgan fingerprint density at radius 2 is 2.08 bits per heavy atom. The molecule has 0 spiro atoms. The van der Waals surface area contributed by atoms with Crippen molar-refractivity contribution < 1.29 is 4.79 Å². The molecule has 4 nitrogen and oxygen atoms in total. The predicted octanol–water partition coefficient (Wildman–Crippen LogP) is 3.02. The van der Waals surface area contributed by atoms with Crippen LogP contribution < -0.4 is 5.32 Å². The van der Waals surface area contributed by atoms with Gasteiger partial charge in [-0.05, 0) is 69.3 Å². The lowest BCUT2D eigenvalue weighted by molar-refractivity contribution is 0.0316. The number of nitrogens with one attached hydrogen (secondary N) is 1. The van der Waals surface area contributed by atoms with Gasteiger partial charge in [-0.2, -0.15) is 0 Å². The third kappa shape index (κ3) is 3.14. The number of hydrogen-bond acceptors (Lipinski definition) is 3. The highest BCUT2D eigenvalue weighted by molar-refractivity contribution is 5.97. The maximum Gasteiger partial charge on any atom is 0.254 e. The molecular weight excluding hydrogens is 322 g/mol. The van der Waals surface area contributed by atoms with Crippen molar-refractivity contribution in [2.24, 2.45) is 5.92 Å². The quantitative estimate of drug-likeness (QED) is 0.846. The van der Waals surface area contributed by atoms with Gasteiger partial charge in [0, 0.05) is 36.9 Å². The second-order valence-corrected chi connectivity index (χ2v) is 7.35. The highest BCUT2D eigenvalue weighted by atomic mass is 35.5. The van der Waals surface area contributed by atoms with Gasteiger partial charge in [-0.3, -0.25) is 4.79 Å². The van der Waals surface area contributed by atoms with Gasteiger partial charge in [0.05, 0.1) is 0 Å². The molecular formula is C19H28ClN3O. The molecule has 1 amide bonds. The summed E-state index contributed by atoms with van der Waals surface area (Å²) in [5.74, 6) is 0.904. The van der Waals surface area contributed by atoms with Crippen molar-refractivity contribution in [1.29, 1.82) is 0 Å². The first-order chi connectivity index (χ1) is 11.2. The summed E-state index contributed by atoms with van der Waals surface area (Å²) in [4.78, 5) is 17.7. The fourth-order valence-corrected chi connectivity index (χ4v) is 4.72. The lowest BCUT2D eigenvalue weighted by Crippen LogP contribution is -2.54. The largest absolute Gasteiger partial charge is 0.385 e. The van der Waals surface area contributed by atoms with Crippen molar-refractivity contribution in [3.63, 3.8) is 0 Å². The molecule has 2 atom stereocenters. The molecule has 3 heterocycles. The third-order valence-electron chi connectivity index (χ3n) is 5.96. The Kier molecular flexibility index (Phi) is 5.36. The van der Waals surface area contributed by atoms with E-state index in [0.29, 0.717) is 12.0 Å². The van der Waals surface area contributed by atoms with Crippen LogP contribution >= 0.6 is 12.4 Å². The summed E-state index contributed by atoms with van der Waals surface area (Å²) in [6, 6.07) is 6.82. The van der Waals surface area contributed by atoms with Gasteiger partial charge in [-0.15, -0.1) is 12.4 Å². The van der Waals surface area contributed by atoms with Crippen LogP contribution in [0.5, 0.6) is 0 Å². The predicted molar refractivity (Wildman–Crippen MR) is 100 cm³/mol. The minimum absolute atomic E-state index is 0. The fraction of sp³-hybridized carbons (Fsp3) is 0.632.